The van der Waals surface area contributed by atoms with E-state index in [0.29, 0.717) is 5.75 Å². The fourth-order valence-corrected chi connectivity index (χ4v) is 2.62. The molecule has 6 heteroatoms. The van der Waals surface area contributed by atoms with Crippen LogP contribution in [0.5, 0.6) is 11.5 Å². The number of hydrogen-bond donors (Lipinski definition) is 2. The Kier molecular flexibility index (Phi) is 7.22. The van der Waals surface area contributed by atoms with E-state index in [1.165, 1.54) is 6.08 Å². The summed E-state index contributed by atoms with van der Waals surface area (Å²) in [4.78, 5) is 23.7. The summed E-state index contributed by atoms with van der Waals surface area (Å²) in [6.07, 6.45) is 2.96. The largest absolute Gasteiger partial charge is 0.497 e. The Morgan fingerprint density at radius 2 is 1.43 bits per heavy atom. The van der Waals surface area contributed by atoms with E-state index in [9.17, 15) is 9.59 Å². The molecule has 0 saturated carbocycles. The number of hydrazine groups is 1. The van der Waals surface area contributed by atoms with Crippen molar-refractivity contribution in [2.24, 2.45) is 0 Å². The maximum absolute atomic E-state index is 11.9. The summed E-state index contributed by atoms with van der Waals surface area (Å²) in [6.45, 7) is -0.215. The van der Waals surface area contributed by atoms with Crippen molar-refractivity contribution in [2.45, 2.75) is 0 Å². The smallest absolute Gasteiger partial charge is 0.276 e. The standard InChI is InChI=1S/C24H22N2O4/c1-29-21-12-7-18(8-13-21)9-16-23(27)25-26-24(28)17-30-22-14-10-20(11-15-22)19-5-3-2-4-6-19/h2-16H,17H2,1H3,(H,25,27)(H,26,28). The highest BCUT2D eigenvalue weighted by atomic mass is 16.5. The van der Waals surface area contributed by atoms with Gasteiger partial charge in [-0.05, 0) is 47.0 Å². The molecule has 30 heavy (non-hydrogen) atoms. The van der Waals surface area contributed by atoms with Gasteiger partial charge in [0, 0.05) is 6.08 Å². The molecule has 0 aliphatic carbocycles. The van der Waals surface area contributed by atoms with Crippen LogP contribution in [0.25, 0.3) is 17.2 Å². The molecule has 0 unspecified atom stereocenters. The van der Waals surface area contributed by atoms with Crippen LogP contribution in [-0.2, 0) is 9.59 Å². The van der Waals surface area contributed by atoms with Crippen LogP contribution in [0.2, 0.25) is 0 Å². The Bertz CT molecular complexity index is 998. The van der Waals surface area contributed by atoms with Gasteiger partial charge in [0.05, 0.1) is 7.11 Å². The first-order chi connectivity index (χ1) is 14.6. The average Bonchev–Trinajstić information content (AvgIpc) is 2.81. The number of carbonyl (C=O) groups is 2. The third-order valence-corrected chi connectivity index (χ3v) is 4.20. The Hall–Kier alpha value is -4.06. The molecule has 3 aromatic rings. The highest BCUT2D eigenvalue weighted by molar-refractivity contribution is 5.93. The van der Waals surface area contributed by atoms with E-state index in [1.54, 1.807) is 37.5 Å². The van der Waals surface area contributed by atoms with Gasteiger partial charge in [0.1, 0.15) is 11.5 Å². The number of nitrogens with one attached hydrogen (secondary N) is 2. The van der Waals surface area contributed by atoms with Gasteiger partial charge < -0.3 is 9.47 Å². The highest BCUT2D eigenvalue weighted by Gasteiger charge is 2.04. The van der Waals surface area contributed by atoms with Crippen LogP contribution < -0.4 is 20.3 Å². The third kappa shape index (κ3) is 6.24. The van der Waals surface area contributed by atoms with Gasteiger partial charge in [-0.1, -0.05) is 54.6 Å². The molecular weight excluding hydrogens is 380 g/mol. The zero-order valence-electron chi connectivity index (χ0n) is 16.5. The van der Waals surface area contributed by atoms with Crippen LogP contribution >= 0.6 is 0 Å². The van der Waals surface area contributed by atoms with E-state index in [4.69, 9.17) is 9.47 Å². The molecule has 0 fully saturated rings. The van der Waals surface area contributed by atoms with Crippen molar-refractivity contribution in [1.82, 2.24) is 10.9 Å². The summed E-state index contributed by atoms with van der Waals surface area (Å²) in [6, 6.07) is 24.6. The zero-order valence-corrected chi connectivity index (χ0v) is 16.5. The molecule has 3 rings (SSSR count). The molecule has 0 heterocycles. The topological polar surface area (TPSA) is 76.7 Å². The molecule has 0 radical (unpaired) electrons. The molecule has 3 aromatic carbocycles. The van der Waals surface area contributed by atoms with Gasteiger partial charge >= 0.3 is 0 Å². The zero-order chi connectivity index (χ0) is 21.2. The SMILES string of the molecule is COc1ccc(C=CC(=O)NNC(=O)COc2ccc(-c3ccccc3)cc2)cc1. The second-order valence-electron chi connectivity index (χ2n) is 6.32. The Morgan fingerprint density at radius 3 is 2.10 bits per heavy atom. The van der Waals surface area contributed by atoms with Gasteiger partial charge in [0.15, 0.2) is 6.61 Å². The van der Waals surface area contributed by atoms with E-state index >= 15 is 0 Å². The molecular formula is C24H22N2O4. The first-order valence-electron chi connectivity index (χ1n) is 9.33. The van der Waals surface area contributed by atoms with Crippen molar-refractivity contribution >= 4 is 17.9 Å². The maximum atomic E-state index is 11.9. The lowest BCUT2D eigenvalue weighted by atomic mass is 10.1. The molecule has 0 aromatic heterocycles. The van der Waals surface area contributed by atoms with E-state index in [-0.39, 0.29) is 6.61 Å². The van der Waals surface area contributed by atoms with Crippen LogP contribution in [0.4, 0.5) is 0 Å². The van der Waals surface area contributed by atoms with Crippen LogP contribution in [-0.4, -0.2) is 25.5 Å². The van der Waals surface area contributed by atoms with Crippen molar-refractivity contribution < 1.29 is 19.1 Å². The van der Waals surface area contributed by atoms with Crippen LogP contribution in [0.15, 0.2) is 84.9 Å². The number of hydrogen-bond acceptors (Lipinski definition) is 4. The average molecular weight is 402 g/mol. The van der Waals surface area contributed by atoms with Gasteiger partial charge in [-0.25, -0.2) is 0 Å². The third-order valence-electron chi connectivity index (χ3n) is 4.20. The molecule has 0 atom stereocenters. The van der Waals surface area contributed by atoms with Gasteiger partial charge in [0.2, 0.25) is 0 Å². The van der Waals surface area contributed by atoms with Gasteiger partial charge in [0.25, 0.3) is 11.8 Å². The van der Waals surface area contributed by atoms with Gasteiger partial charge in [-0.2, -0.15) is 0 Å². The Balaban J connectivity index is 1.41. The minimum absolute atomic E-state index is 0.215. The van der Waals surface area contributed by atoms with E-state index in [2.05, 4.69) is 10.9 Å². The molecule has 0 bridgehead atoms. The number of ether oxygens (including phenoxy) is 2. The van der Waals surface area contributed by atoms with Gasteiger partial charge in [-0.3, -0.25) is 20.4 Å². The predicted molar refractivity (Wildman–Crippen MR) is 116 cm³/mol. The molecule has 0 spiro atoms. The minimum Gasteiger partial charge on any atom is -0.497 e. The first-order valence-corrected chi connectivity index (χ1v) is 9.33. The quantitative estimate of drug-likeness (QED) is 0.468. The summed E-state index contributed by atoms with van der Waals surface area (Å²) in [7, 11) is 1.59. The summed E-state index contributed by atoms with van der Waals surface area (Å²) in [5.41, 5.74) is 7.62. The minimum atomic E-state index is -0.465. The fourth-order valence-electron chi connectivity index (χ4n) is 2.62. The second kappa shape index (κ2) is 10.5. The van der Waals surface area contributed by atoms with Crippen molar-refractivity contribution in [2.75, 3.05) is 13.7 Å². The lowest BCUT2D eigenvalue weighted by Gasteiger charge is -2.08. The highest BCUT2D eigenvalue weighted by Crippen LogP contribution is 2.21. The van der Waals surface area contributed by atoms with Crippen LogP contribution in [0.1, 0.15) is 5.56 Å². The summed E-state index contributed by atoms with van der Waals surface area (Å²) in [5, 5.41) is 0. The molecule has 0 aliphatic heterocycles. The molecule has 152 valence electrons. The molecule has 2 N–H and O–H groups in total. The van der Waals surface area contributed by atoms with Crippen LogP contribution in [0.3, 0.4) is 0 Å². The van der Waals surface area contributed by atoms with Crippen molar-refractivity contribution in [3.8, 4) is 22.6 Å². The summed E-state index contributed by atoms with van der Waals surface area (Å²) in [5.74, 6) is 0.383. The summed E-state index contributed by atoms with van der Waals surface area (Å²) < 4.78 is 10.5. The molecule has 6 nitrogen and oxygen atoms in total. The van der Waals surface area contributed by atoms with E-state index in [0.717, 1.165) is 22.4 Å². The molecule has 0 saturated heterocycles. The number of rotatable bonds is 7. The number of benzene rings is 3. The van der Waals surface area contributed by atoms with Crippen molar-refractivity contribution in [1.29, 1.82) is 0 Å². The number of amides is 2. The second-order valence-corrected chi connectivity index (χ2v) is 6.32. The van der Waals surface area contributed by atoms with E-state index in [1.807, 2.05) is 54.6 Å². The lowest BCUT2D eigenvalue weighted by molar-refractivity contribution is -0.128. The molecule has 2 amide bonds. The van der Waals surface area contributed by atoms with Crippen LogP contribution in [0, 0.1) is 0 Å². The normalized spacial score (nSPS) is 10.4. The predicted octanol–water partition coefficient (Wildman–Crippen LogP) is 3.60. The maximum Gasteiger partial charge on any atom is 0.276 e. The van der Waals surface area contributed by atoms with Crippen molar-refractivity contribution in [3.63, 3.8) is 0 Å². The number of carbonyl (C=O) groups excluding carboxylic acids is 2. The summed E-state index contributed by atoms with van der Waals surface area (Å²) >= 11 is 0. The first kappa shape index (κ1) is 20.7. The molecule has 0 aliphatic rings. The monoisotopic (exact) mass is 402 g/mol. The lowest BCUT2D eigenvalue weighted by Crippen LogP contribution is -2.43. The number of methoxy groups -OCH3 is 1. The Morgan fingerprint density at radius 1 is 0.800 bits per heavy atom. The Labute approximate surface area is 175 Å². The van der Waals surface area contributed by atoms with Gasteiger partial charge in [-0.15, -0.1) is 0 Å². The fraction of sp³-hybridized carbons (Fsp3) is 0.0833. The van der Waals surface area contributed by atoms with E-state index < -0.39 is 11.8 Å². The van der Waals surface area contributed by atoms with Crippen molar-refractivity contribution in [3.05, 3.63) is 90.5 Å².